The second-order valence-corrected chi connectivity index (χ2v) is 36.1. The summed E-state index contributed by atoms with van der Waals surface area (Å²) in [5.74, 6) is -5.03. The van der Waals surface area contributed by atoms with Gasteiger partial charge in [0.15, 0.2) is 44.3 Å². The SMILES string of the molecule is CCOC.CO[C@](C)(C[C@@H](C)/C=C/CO)[C@H](O[C@@H]1O[C@H](C)CC(N(C)C)[C@H]1P=O)[C@@H](C)C1=C(C)C(=O)OC(C)(C)O1.CO[C@](C)(C[C@@H](C)C=O)[C@H](O[C@@H]1O[C@H](C)CC(N(C)C)[C@H]1P=O)[C@@H](C)C1=C(C)C(=O)OC(C)(C)O1.CO[C@](C)(C[C@@H](C)CC=O)[C@H](O[C@@H]1O[C@H](C)CC(N(C)C)[C@H]1P=O)[C@@H](C)C1=C(C)C(=O)OC(C)(C)O1.NCl.[Cl-]. The topological polar surface area (TPSA) is 340 Å². The van der Waals surface area contributed by atoms with Crippen LogP contribution in [0.25, 0.3) is 0 Å². The number of aliphatic hydroxyl groups excluding tert-OH is 1. The first-order valence-electron chi connectivity index (χ1n) is 39.3. The Labute approximate surface area is 702 Å². The molecule has 0 aliphatic carbocycles. The van der Waals surface area contributed by atoms with Crippen LogP contribution in [-0.2, 0) is 113 Å². The number of rotatable bonds is 36. The van der Waals surface area contributed by atoms with Gasteiger partial charge < -0.3 is 118 Å². The molecule has 6 heterocycles. The van der Waals surface area contributed by atoms with E-state index in [1.165, 1.54) is 0 Å². The zero-order chi connectivity index (χ0) is 87.7. The number of aliphatic hydroxyl groups is 1. The Kier molecular flexibility index (Phi) is 47.1. The third-order valence-electron chi connectivity index (χ3n) is 21.8. The van der Waals surface area contributed by atoms with Gasteiger partial charge in [0.2, 0.25) is 17.4 Å². The van der Waals surface area contributed by atoms with Gasteiger partial charge in [-0.1, -0.05) is 53.7 Å². The standard InChI is InChI=1S/C27H46NO8P.C26H44NO8P.C25H42NO8P.C3H8O.ClH2N.ClH/c1-16(12-11-13-29)15-27(7,32-10)23(18(3)21-19(4)24(30)36-26(5,6)35-21)34-25-22(37-31)20(28(8)9)14-17(2)33-25;1-15(11-12-28)14-26(7,31-10)22(17(3)20-18(4)23(29)35-25(5,6)34-20)33-24-21(36-30)19(27(8)9)13-16(2)32-24;1-14(13-27)12-25(7,30-10)21(16(3)19-17(4)22(28)34-24(5,6)33-19)32-23-20(35-29)18(26(8)9)11-15(2)31-23;1-3-4-2;1-2;/h11-12,16-18,20,22-23,25,29H,13-15H2,1-10H3;12,15-17,19,21-22,24H,11,13-14H2,1-10H3;13-16,18,20-21,23H,11-12H2,1-10H3;3H2,1-2H3;2H2;1H/p-1/b12-11+;;;;;/t16-,17+,18-,20?,22+,23+,25-,27+;15-,16+,17-,19?,21+,22+,24-,26+;14-,15-,16+,18?,20-,21-,23+,25-;;;/m001.../s1. The zero-order valence-corrected chi connectivity index (χ0v) is 78.8. The number of methoxy groups -OCH3 is 4. The summed E-state index contributed by atoms with van der Waals surface area (Å²) in [6, 6.07) is -0.0512. The number of cyclic esters (lactones) is 3. The molecule has 29 nitrogen and oxygen atoms in total. The van der Waals surface area contributed by atoms with Gasteiger partial charge in [-0.05, 0) is 174 Å². The molecule has 0 spiro atoms. The molecule has 0 bridgehead atoms. The Morgan fingerprint density at radius 3 is 1.02 bits per heavy atom. The van der Waals surface area contributed by atoms with Crippen molar-refractivity contribution in [1.82, 2.24) is 14.7 Å². The van der Waals surface area contributed by atoms with E-state index in [4.69, 9.17) is 71.1 Å². The molecule has 0 radical (unpaired) electrons. The summed E-state index contributed by atoms with van der Waals surface area (Å²) >= 11 is 4.14. The number of nitrogens with zero attached hydrogens (tertiary/aromatic N) is 3. The lowest BCUT2D eigenvalue weighted by atomic mass is 9.80. The summed E-state index contributed by atoms with van der Waals surface area (Å²) in [5, 5.41) is 13.2. The molecule has 115 heavy (non-hydrogen) atoms. The van der Waals surface area contributed by atoms with Crippen LogP contribution < -0.4 is 17.7 Å². The third kappa shape index (κ3) is 31.0. The molecule has 0 amide bonds. The van der Waals surface area contributed by atoms with Gasteiger partial charge in [0, 0.05) is 125 Å². The van der Waals surface area contributed by atoms with E-state index in [9.17, 15) is 42.8 Å². The Hall–Kier alpha value is -3.61. The third-order valence-corrected chi connectivity index (χ3v) is 24.2. The number of ether oxygens (including phenoxy) is 16. The number of hydrogen-bond acceptors (Lipinski definition) is 29. The van der Waals surface area contributed by atoms with E-state index in [1.54, 1.807) is 96.8 Å². The first kappa shape index (κ1) is 109. The van der Waals surface area contributed by atoms with Gasteiger partial charge in [-0.3, -0.25) is 13.7 Å². The second-order valence-electron chi connectivity index (χ2n) is 33.7. The van der Waals surface area contributed by atoms with Crippen LogP contribution >= 0.6 is 37.2 Å². The minimum atomic E-state index is -1.15. The molecule has 666 valence electrons. The summed E-state index contributed by atoms with van der Waals surface area (Å²) in [4.78, 5) is 66.8. The Morgan fingerprint density at radius 2 is 0.791 bits per heavy atom. The molecular weight excluding hydrogens is 1590 g/mol. The fourth-order valence-corrected chi connectivity index (χ4v) is 18.0. The number of hydrogen-bond donors (Lipinski definition) is 2. The fraction of sp³-hybridized carbons (Fsp3) is 0.840. The minimum absolute atomic E-state index is 0. The highest BCUT2D eigenvalue weighted by Crippen LogP contribution is 2.47. The van der Waals surface area contributed by atoms with E-state index in [0.29, 0.717) is 66.1 Å². The highest BCUT2D eigenvalue weighted by Gasteiger charge is 2.54. The van der Waals surface area contributed by atoms with Crippen molar-refractivity contribution in [3.63, 3.8) is 0 Å². The van der Waals surface area contributed by atoms with Crippen molar-refractivity contribution in [1.29, 1.82) is 0 Å². The van der Waals surface area contributed by atoms with E-state index in [1.807, 2.05) is 148 Å². The number of carbonyl (C=O) groups excluding carboxylic acids is 5. The molecule has 6 rings (SSSR count). The molecule has 0 aromatic rings. The molecule has 34 heteroatoms. The predicted octanol–water partition coefficient (Wildman–Crippen LogP) is 10.3. The summed E-state index contributed by atoms with van der Waals surface area (Å²) in [7, 11) is 18.0. The fourth-order valence-electron chi connectivity index (χ4n) is 15.7. The van der Waals surface area contributed by atoms with Crippen molar-refractivity contribution in [3.05, 3.63) is 46.1 Å². The van der Waals surface area contributed by atoms with Crippen molar-refractivity contribution in [2.24, 2.45) is 40.8 Å². The number of nitrogens with two attached hydrogens (primary N) is 1. The average Bonchev–Trinajstić information content (AvgIpc) is 0.777. The van der Waals surface area contributed by atoms with E-state index in [-0.39, 0.29) is 98.6 Å². The Bertz CT molecular complexity index is 3200. The number of allylic oxidation sites excluding steroid dienone is 1. The van der Waals surface area contributed by atoms with Crippen LogP contribution in [0.2, 0.25) is 0 Å². The van der Waals surface area contributed by atoms with Gasteiger partial charge in [0.25, 0.3) is 0 Å². The number of aldehydes is 2. The zero-order valence-electron chi connectivity index (χ0n) is 74.6. The van der Waals surface area contributed by atoms with Crippen LogP contribution in [-0.4, -0.2) is 259 Å². The van der Waals surface area contributed by atoms with Crippen LogP contribution in [0.4, 0.5) is 0 Å². The molecular formula is C81H142Cl2N4O25P3-. The first-order valence-corrected chi connectivity index (χ1v) is 42.4. The summed E-state index contributed by atoms with van der Waals surface area (Å²) in [6.07, 6.45) is 4.66. The first-order chi connectivity index (χ1) is 53.0. The molecule has 6 aliphatic heterocycles. The highest BCUT2D eigenvalue weighted by molar-refractivity contribution is 7.25. The molecule has 3 N–H and O–H groups in total. The van der Waals surface area contributed by atoms with Crippen molar-refractivity contribution in [3.8, 4) is 0 Å². The second kappa shape index (κ2) is 49.5. The number of carbonyl (C=O) groups is 5. The molecule has 0 aromatic carbocycles. The molecule has 3 fully saturated rings. The maximum Gasteiger partial charge on any atom is 0.340 e. The van der Waals surface area contributed by atoms with Crippen LogP contribution in [0, 0.1) is 35.5 Å². The maximum absolute atomic E-state index is 12.7. The molecule has 3 unspecified atom stereocenters. The van der Waals surface area contributed by atoms with Crippen LogP contribution in [0.5, 0.6) is 0 Å². The van der Waals surface area contributed by atoms with Crippen LogP contribution in [0.1, 0.15) is 197 Å². The van der Waals surface area contributed by atoms with Gasteiger partial charge in [-0.25, -0.2) is 19.6 Å². The monoisotopic (exact) mass is 1730 g/mol. The van der Waals surface area contributed by atoms with E-state index in [2.05, 4.69) is 26.7 Å². The Balaban J connectivity index is 0.000000829. The largest absolute Gasteiger partial charge is 1.00 e. The van der Waals surface area contributed by atoms with Crippen molar-refractivity contribution >= 4 is 67.6 Å². The Morgan fingerprint density at radius 1 is 0.522 bits per heavy atom. The number of esters is 3. The average molecular weight is 1740 g/mol. The van der Waals surface area contributed by atoms with E-state index >= 15 is 0 Å². The summed E-state index contributed by atoms with van der Waals surface area (Å²) in [5.41, 5.74) is -2.91. The lowest BCUT2D eigenvalue weighted by Crippen LogP contribution is -3.00. The molecule has 0 aromatic heterocycles. The quantitative estimate of drug-likeness (QED) is 0.0147. The molecule has 24 atom stereocenters. The maximum atomic E-state index is 12.7. The van der Waals surface area contributed by atoms with Crippen molar-refractivity contribution in [2.75, 3.05) is 83.9 Å². The lowest BCUT2D eigenvalue weighted by molar-refractivity contribution is -0.266. The smallest absolute Gasteiger partial charge is 0.340 e. The van der Waals surface area contributed by atoms with Crippen molar-refractivity contribution < 1.29 is 131 Å². The summed E-state index contributed by atoms with van der Waals surface area (Å²) in [6.45, 7) is 41.1. The number of halogens is 2. The van der Waals surface area contributed by atoms with Gasteiger partial charge in [0.1, 0.15) is 46.8 Å². The van der Waals surface area contributed by atoms with E-state index in [0.717, 1.165) is 32.0 Å². The van der Waals surface area contributed by atoms with Gasteiger partial charge >= 0.3 is 17.9 Å². The highest BCUT2D eigenvalue weighted by atomic mass is 35.5. The van der Waals surface area contributed by atoms with Gasteiger partial charge in [-0.15, -0.1) is 0 Å². The van der Waals surface area contributed by atoms with Crippen LogP contribution in [0.3, 0.4) is 0 Å². The van der Waals surface area contributed by atoms with Gasteiger partial charge in [0.05, 0.1) is 76.8 Å². The van der Waals surface area contributed by atoms with Gasteiger partial charge in [-0.2, -0.15) is 0 Å². The van der Waals surface area contributed by atoms with Crippen LogP contribution in [0.15, 0.2) is 46.1 Å². The van der Waals surface area contributed by atoms with Crippen molar-refractivity contribution in [2.45, 2.75) is 322 Å². The lowest BCUT2D eigenvalue weighted by Gasteiger charge is -2.47. The minimum Gasteiger partial charge on any atom is -1.00 e. The molecule has 3 saturated heterocycles. The molecule has 6 aliphatic rings. The molecule has 0 saturated carbocycles. The summed E-state index contributed by atoms with van der Waals surface area (Å²) < 4.78 is 133. The normalized spacial score (nSPS) is 29.4. The van der Waals surface area contributed by atoms with E-state index < -0.39 is 124 Å². The predicted molar refractivity (Wildman–Crippen MR) is 436 cm³/mol.